The Labute approximate surface area is 182 Å². The Morgan fingerprint density at radius 2 is 1.69 bits per heavy atom. The highest BCUT2D eigenvalue weighted by Crippen LogP contribution is 2.19. The third kappa shape index (κ3) is 4.39. The fourth-order valence-corrected chi connectivity index (χ4v) is 3.42. The van der Waals surface area contributed by atoms with E-state index in [4.69, 9.17) is 0 Å². The molecule has 0 unspecified atom stereocenters. The van der Waals surface area contributed by atoms with Crippen molar-refractivity contribution >= 4 is 23.5 Å². The average molecular weight is 438 g/mol. The highest BCUT2D eigenvalue weighted by atomic mass is 19.1. The normalized spacial score (nSPS) is 13.7. The van der Waals surface area contributed by atoms with Crippen molar-refractivity contribution in [2.45, 2.75) is 6.92 Å². The minimum atomic E-state index is -0.884. The number of benzene rings is 1. The van der Waals surface area contributed by atoms with Crippen molar-refractivity contribution in [1.29, 1.82) is 0 Å². The van der Waals surface area contributed by atoms with Crippen molar-refractivity contribution < 1.29 is 18.4 Å². The lowest BCUT2D eigenvalue weighted by atomic mass is 10.1. The third-order valence-electron chi connectivity index (χ3n) is 5.13. The van der Waals surface area contributed by atoms with E-state index in [1.807, 2.05) is 4.90 Å². The minimum absolute atomic E-state index is 0.167. The molecule has 3 heterocycles. The Kier molecular flexibility index (Phi) is 6.02. The summed E-state index contributed by atoms with van der Waals surface area (Å²) in [5, 5.41) is 2.68. The highest BCUT2D eigenvalue weighted by molar-refractivity contribution is 6.03. The van der Waals surface area contributed by atoms with Crippen LogP contribution in [0, 0.1) is 18.6 Å². The molecular weight excluding hydrogens is 418 g/mol. The van der Waals surface area contributed by atoms with Gasteiger partial charge in [-0.2, -0.15) is 0 Å². The van der Waals surface area contributed by atoms with Crippen LogP contribution in [0.15, 0.2) is 48.8 Å². The molecule has 1 N–H and O–H groups in total. The van der Waals surface area contributed by atoms with Gasteiger partial charge in [0.15, 0.2) is 5.69 Å². The molecule has 4 rings (SSSR count). The van der Waals surface area contributed by atoms with E-state index in [0.717, 1.165) is 12.1 Å². The summed E-state index contributed by atoms with van der Waals surface area (Å²) in [6.45, 7) is 2.93. The van der Waals surface area contributed by atoms with Crippen molar-refractivity contribution in [3.63, 3.8) is 0 Å². The molecule has 8 nitrogen and oxygen atoms in total. The summed E-state index contributed by atoms with van der Waals surface area (Å²) in [6, 6.07) is 8.51. The van der Waals surface area contributed by atoms with Gasteiger partial charge in [-0.25, -0.2) is 18.7 Å². The number of hydrogen-bond donors (Lipinski definition) is 1. The number of carbonyl (C=O) groups excluding carboxylic acids is 2. The van der Waals surface area contributed by atoms with Gasteiger partial charge in [-0.3, -0.25) is 14.6 Å². The predicted octanol–water partition coefficient (Wildman–Crippen LogP) is 2.67. The second-order valence-electron chi connectivity index (χ2n) is 7.21. The van der Waals surface area contributed by atoms with E-state index in [0.29, 0.717) is 30.4 Å². The number of aryl methyl sites for hydroxylation is 1. The predicted molar refractivity (Wildman–Crippen MR) is 113 cm³/mol. The van der Waals surface area contributed by atoms with E-state index in [2.05, 4.69) is 20.3 Å². The second-order valence-corrected chi connectivity index (χ2v) is 7.21. The fraction of sp³-hybridized carbons (Fsp3) is 0.227. The maximum atomic E-state index is 14.0. The summed E-state index contributed by atoms with van der Waals surface area (Å²) in [5.74, 6) is -2.01. The van der Waals surface area contributed by atoms with E-state index < -0.39 is 29.0 Å². The molecule has 0 aliphatic carbocycles. The second kappa shape index (κ2) is 9.04. The van der Waals surface area contributed by atoms with Crippen LogP contribution in [0.5, 0.6) is 0 Å². The molecule has 0 atom stereocenters. The standard InChI is InChI=1S/C22H20F2N6O2/c1-14-20(21(31)27-17-7-2-3-8-25-17)28-18(13-26-14)29-9-11-30(12-10-29)22(32)19-15(23)5-4-6-16(19)24/h2-8,13H,9-12H2,1H3,(H,25,27,31). The summed E-state index contributed by atoms with van der Waals surface area (Å²) in [7, 11) is 0. The monoisotopic (exact) mass is 438 g/mol. The first-order valence-electron chi connectivity index (χ1n) is 9.98. The van der Waals surface area contributed by atoms with Crippen molar-refractivity contribution in [2.75, 3.05) is 36.4 Å². The Morgan fingerprint density at radius 1 is 0.969 bits per heavy atom. The first kappa shape index (κ1) is 21.3. The Morgan fingerprint density at radius 3 is 2.34 bits per heavy atom. The summed E-state index contributed by atoms with van der Waals surface area (Å²) < 4.78 is 27.9. The summed E-state index contributed by atoms with van der Waals surface area (Å²) >= 11 is 0. The minimum Gasteiger partial charge on any atom is -0.352 e. The maximum Gasteiger partial charge on any atom is 0.277 e. The number of rotatable bonds is 4. The van der Waals surface area contributed by atoms with Gasteiger partial charge in [0, 0.05) is 32.4 Å². The number of amides is 2. The third-order valence-corrected chi connectivity index (χ3v) is 5.13. The van der Waals surface area contributed by atoms with E-state index in [9.17, 15) is 18.4 Å². The molecule has 1 fully saturated rings. The summed E-state index contributed by atoms with van der Waals surface area (Å²) in [5.41, 5.74) is 0.0793. The fourth-order valence-electron chi connectivity index (χ4n) is 3.42. The molecule has 1 saturated heterocycles. The van der Waals surface area contributed by atoms with Gasteiger partial charge in [0.2, 0.25) is 0 Å². The molecule has 10 heteroatoms. The topological polar surface area (TPSA) is 91.3 Å². The molecule has 0 spiro atoms. The van der Waals surface area contributed by atoms with Gasteiger partial charge in [0.25, 0.3) is 11.8 Å². The molecule has 1 aliphatic rings. The molecule has 32 heavy (non-hydrogen) atoms. The van der Waals surface area contributed by atoms with Crippen LogP contribution in [0.1, 0.15) is 26.5 Å². The van der Waals surface area contributed by atoms with Gasteiger partial charge < -0.3 is 15.1 Å². The number of anilines is 2. The summed E-state index contributed by atoms with van der Waals surface area (Å²) in [4.78, 5) is 41.3. The number of aromatic nitrogens is 3. The van der Waals surface area contributed by atoms with Crippen molar-refractivity contribution in [2.24, 2.45) is 0 Å². The molecule has 2 amide bonds. The smallest absolute Gasteiger partial charge is 0.277 e. The van der Waals surface area contributed by atoms with E-state index in [1.54, 1.807) is 37.5 Å². The highest BCUT2D eigenvalue weighted by Gasteiger charge is 2.27. The largest absolute Gasteiger partial charge is 0.352 e. The molecule has 0 saturated carbocycles. The summed E-state index contributed by atoms with van der Waals surface area (Å²) in [6.07, 6.45) is 3.12. The van der Waals surface area contributed by atoms with Gasteiger partial charge in [-0.05, 0) is 31.2 Å². The van der Waals surface area contributed by atoms with Crippen molar-refractivity contribution in [3.05, 3.63) is 77.4 Å². The van der Waals surface area contributed by atoms with Crippen LogP contribution in [0.4, 0.5) is 20.4 Å². The first-order valence-corrected chi connectivity index (χ1v) is 9.98. The average Bonchev–Trinajstić information content (AvgIpc) is 2.80. The Bertz CT molecular complexity index is 1130. The zero-order chi connectivity index (χ0) is 22.7. The molecule has 3 aromatic rings. The Hall–Kier alpha value is -3.95. The van der Waals surface area contributed by atoms with Crippen LogP contribution in [0.2, 0.25) is 0 Å². The van der Waals surface area contributed by atoms with Crippen molar-refractivity contribution in [3.8, 4) is 0 Å². The molecule has 0 radical (unpaired) electrons. The lowest BCUT2D eigenvalue weighted by molar-refractivity contribution is 0.0736. The van der Waals surface area contributed by atoms with Crippen LogP contribution >= 0.6 is 0 Å². The van der Waals surface area contributed by atoms with Gasteiger partial charge in [0.1, 0.15) is 28.8 Å². The van der Waals surface area contributed by atoms with Crippen LogP contribution in [-0.4, -0.2) is 57.8 Å². The molecule has 1 aromatic carbocycles. The van der Waals surface area contributed by atoms with Gasteiger partial charge >= 0.3 is 0 Å². The molecule has 1 aliphatic heterocycles. The molecule has 0 bridgehead atoms. The van der Waals surface area contributed by atoms with E-state index in [1.165, 1.54) is 11.0 Å². The van der Waals surface area contributed by atoms with Crippen LogP contribution in [-0.2, 0) is 0 Å². The quantitative estimate of drug-likeness (QED) is 0.674. The number of nitrogens with one attached hydrogen (secondary N) is 1. The maximum absolute atomic E-state index is 14.0. The van der Waals surface area contributed by atoms with Crippen LogP contribution in [0.3, 0.4) is 0 Å². The zero-order valence-electron chi connectivity index (χ0n) is 17.3. The van der Waals surface area contributed by atoms with Gasteiger partial charge in [-0.1, -0.05) is 12.1 Å². The number of nitrogens with zero attached hydrogens (tertiary/aromatic N) is 5. The van der Waals surface area contributed by atoms with E-state index >= 15 is 0 Å². The van der Waals surface area contributed by atoms with Gasteiger partial charge in [0.05, 0.1) is 11.9 Å². The molecule has 2 aromatic heterocycles. The first-order chi connectivity index (χ1) is 15.4. The number of hydrogen-bond acceptors (Lipinski definition) is 6. The number of halogens is 2. The van der Waals surface area contributed by atoms with E-state index in [-0.39, 0.29) is 18.8 Å². The van der Waals surface area contributed by atoms with Crippen LogP contribution < -0.4 is 10.2 Å². The Balaban J connectivity index is 1.45. The molecule has 164 valence electrons. The molecular formula is C22H20F2N6O2. The number of piperazine rings is 1. The lowest BCUT2D eigenvalue weighted by Crippen LogP contribution is -2.49. The van der Waals surface area contributed by atoms with Crippen molar-refractivity contribution in [1.82, 2.24) is 19.9 Å². The zero-order valence-corrected chi connectivity index (χ0v) is 17.3. The number of carbonyl (C=O) groups is 2. The van der Waals surface area contributed by atoms with Crippen LogP contribution in [0.25, 0.3) is 0 Å². The van der Waals surface area contributed by atoms with Gasteiger partial charge in [-0.15, -0.1) is 0 Å². The SMILES string of the molecule is Cc1ncc(N2CCN(C(=O)c3c(F)cccc3F)CC2)nc1C(=O)Nc1ccccn1. The lowest BCUT2D eigenvalue weighted by Gasteiger charge is -2.35. The number of pyridine rings is 1.